The summed E-state index contributed by atoms with van der Waals surface area (Å²) >= 11 is 2.25. The maximum absolute atomic E-state index is 13.1. The molecule has 0 heterocycles. The second kappa shape index (κ2) is 6.56. The van der Waals surface area contributed by atoms with Crippen LogP contribution >= 0.6 is 22.6 Å². The van der Waals surface area contributed by atoms with Gasteiger partial charge >= 0.3 is 0 Å². The van der Waals surface area contributed by atoms with Gasteiger partial charge in [0.15, 0.2) is 0 Å². The van der Waals surface area contributed by atoms with E-state index in [-0.39, 0.29) is 11.3 Å². The predicted molar refractivity (Wildman–Crippen MR) is 105 cm³/mol. The number of nitrogens with two attached hydrogens (primary N) is 1. The van der Waals surface area contributed by atoms with E-state index in [1.54, 1.807) is 0 Å². The van der Waals surface area contributed by atoms with E-state index < -0.39 is 11.9 Å². The average Bonchev–Trinajstić information content (AvgIpc) is 2.54. The second-order valence-corrected chi connectivity index (χ2v) is 9.70. The van der Waals surface area contributed by atoms with Crippen LogP contribution in [-0.4, -0.2) is 17.9 Å². The van der Waals surface area contributed by atoms with Crippen LogP contribution in [0.2, 0.25) is 0 Å². The van der Waals surface area contributed by atoms with E-state index in [4.69, 9.17) is 5.73 Å². The second-order valence-electron chi connectivity index (χ2n) is 8.46. The van der Waals surface area contributed by atoms with E-state index in [9.17, 15) is 9.59 Å². The molecule has 1 aromatic carbocycles. The number of hydrogen-bond acceptors (Lipinski definition) is 2. The Bertz CT molecular complexity index is 650. The Morgan fingerprint density at radius 3 is 2.08 bits per heavy atom. The van der Waals surface area contributed by atoms with Crippen LogP contribution in [0, 0.1) is 26.7 Å². The van der Waals surface area contributed by atoms with Crippen molar-refractivity contribution in [2.45, 2.75) is 51.0 Å². The molecule has 0 radical (unpaired) electrons. The molecule has 4 fully saturated rings. The molecule has 0 saturated heterocycles. The summed E-state index contributed by atoms with van der Waals surface area (Å²) in [5, 5.41) is 3.02. The van der Waals surface area contributed by atoms with Crippen molar-refractivity contribution < 1.29 is 9.59 Å². The van der Waals surface area contributed by atoms with Crippen LogP contribution in [0.1, 0.15) is 44.1 Å². The van der Waals surface area contributed by atoms with Crippen molar-refractivity contribution in [1.82, 2.24) is 5.32 Å². The fourth-order valence-corrected chi connectivity index (χ4v) is 6.14. The molecule has 0 spiro atoms. The van der Waals surface area contributed by atoms with Crippen LogP contribution in [0.25, 0.3) is 0 Å². The number of benzene rings is 1. The van der Waals surface area contributed by atoms with E-state index >= 15 is 0 Å². The molecule has 0 aromatic heterocycles. The lowest BCUT2D eigenvalue weighted by atomic mass is 9.49. The maximum atomic E-state index is 13.1. The first-order valence-corrected chi connectivity index (χ1v) is 10.4. The fourth-order valence-electron chi connectivity index (χ4n) is 5.78. The minimum Gasteiger partial charge on any atom is -0.368 e. The van der Waals surface area contributed by atoms with Gasteiger partial charge in [-0.2, -0.15) is 0 Å². The summed E-state index contributed by atoms with van der Waals surface area (Å²) in [4.78, 5) is 25.1. The van der Waals surface area contributed by atoms with E-state index in [1.807, 2.05) is 24.3 Å². The molecule has 4 aliphatic rings. The quantitative estimate of drug-likeness (QED) is 0.675. The standard InChI is InChI=1S/C20H25IN2O2/c21-16-3-1-12(2-4-16)8-17(18(22)24)23-19(25)20-9-13-5-14(10-20)7-15(6-13)11-20/h1-4,13-15,17H,5-11H2,(H2,22,24)(H,23,25)/t13?,14?,15?,17-,20?/m0/s1. The maximum Gasteiger partial charge on any atom is 0.240 e. The number of carbonyl (C=O) groups is 2. The van der Waals surface area contributed by atoms with Gasteiger partial charge in [0.25, 0.3) is 0 Å². The van der Waals surface area contributed by atoms with Gasteiger partial charge in [0.1, 0.15) is 6.04 Å². The van der Waals surface area contributed by atoms with Gasteiger partial charge in [-0.25, -0.2) is 0 Å². The SMILES string of the molecule is NC(=O)[C@H](Cc1ccc(I)cc1)NC(=O)C12CC3CC(CC(C3)C1)C2. The molecule has 3 N–H and O–H groups in total. The summed E-state index contributed by atoms with van der Waals surface area (Å²) in [6.07, 6.45) is 7.36. The molecule has 134 valence electrons. The molecule has 4 aliphatic carbocycles. The van der Waals surface area contributed by atoms with Gasteiger partial charge in [0, 0.05) is 15.4 Å². The van der Waals surface area contributed by atoms with Gasteiger partial charge in [0.05, 0.1) is 0 Å². The van der Waals surface area contributed by atoms with Gasteiger partial charge in [0.2, 0.25) is 11.8 Å². The van der Waals surface area contributed by atoms with Crippen molar-refractivity contribution in [3.8, 4) is 0 Å². The Morgan fingerprint density at radius 2 is 1.60 bits per heavy atom. The van der Waals surface area contributed by atoms with Crippen molar-refractivity contribution in [2.75, 3.05) is 0 Å². The topological polar surface area (TPSA) is 72.2 Å². The molecule has 5 rings (SSSR count). The minimum atomic E-state index is -0.624. The monoisotopic (exact) mass is 452 g/mol. The first kappa shape index (κ1) is 17.3. The Balaban J connectivity index is 1.47. The molecule has 5 heteroatoms. The highest BCUT2D eigenvalue weighted by Gasteiger charge is 2.54. The van der Waals surface area contributed by atoms with Crippen molar-refractivity contribution in [3.63, 3.8) is 0 Å². The Kier molecular flexibility index (Phi) is 4.54. The third-order valence-corrected chi connectivity index (χ3v) is 7.24. The first-order valence-electron chi connectivity index (χ1n) is 9.28. The van der Waals surface area contributed by atoms with Gasteiger partial charge in [-0.05, 0) is 96.6 Å². The van der Waals surface area contributed by atoms with Crippen molar-refractivity contribution in [1.29, 1.82) is 0 Å². The molecular formula is C20H25IN2O2. The normalized spacial score (nSPS) is 33.9. The average molecular weight is 452 g/mol. The van der Waals surface area contributed by atoms with E-state index in [2.05, 4.69) is 27.9 Å². The molecule has 4 bridgehead atoms. The van der Waals surface area contributed by atoms with Crippen LogP contribution in [0.15, 0.2) is 24.3 Å². The lowest BCUT2D eigenvalue weighted by molar-refractivity contribution is -0.148. The predicted octanol–water partition coefficient (Wildman–Crippen LogP) is 3.02. The third kappa shape index (κ3) is 3.44. The van der Waals surface area contributed by atoms with Gasteiger partial charge < -0.3 is 11.1 Å². The summed E-state index contributed by atoms with van der Waals surface area (Å²) in [7, 11) is 0. The minimum absolute atomic E-state index is 0.0703. The largest absolute Gasteiger partial charge is 0.368 e. The Morgan fingerprint density at radius 1 is 1.08 bits per heavy atom. The summed E-state index contributed by atoms with van der Waals surface area (Å²) in [6.45, 7) is 0. The summed E-state index contributed by atoms with van der Waals surface area (Å²) in [5.74, 6) is 1.75. The molecule has 4 saturated carbocycles. The molecule has 25 heavy (non-hydrogen) atoms. The zero-order valence-electron chi connectivity index (χ0n) is 14.3. The van der Waals surface area contributed by atoms with Crippen molar-refractivity contribution in [3.05, 3.63) is 33.4 Å². The summed E-state index contributed by atoms with van der Waals surface area (Å²) in [6, 6.07) is 7.38. The highest BCUT2D eigenvalue weighted by Crippen LogP contribution is 2.60. The van der Waals surface area contributed by atoms with Crippen LogP contribution in [0.4, 0.5) is 0 Å². The summed E-state index contributed by atoms with van der Waals surface area (Å²) < 4.78 is 1.15. The van der Waals surface area contributed by atoms with Crippen LogP contribution in [-0.2, 0) is 16.0 Å². The number of halogens is 1. The number of hydrogen-bond donors (Lipinski definition) is 2. The van der Waals surface area contributed by atoms with Gasteiger partial charge in [-0.15, -0.1) is 0 Å². The number of rotatable bonds is 5. The Labute approximate surface area is 162 Å². The lowest BCUT2D eigenvalue weighted by Crippen LogP contribution is -2.57. The van der Waals surface area contributed by atoms with Gasteiger partial charge in [-0.1, -0.05) is 12.1 Å². The zero-order chi connectivity index (χ0) is 17.6. The number of carbonyl (C=O) groups excluding carboxylic acids is 2. The highest BCUT2D eigenvalue weighted by molar-refractivity contribution is 14.1. The fraction of sp³-hybridized carbons (Fsp3) is 0.600. The van der Waals surface area contributed by atoms with Crippen molar-refractivity contribution >= 4 is 34.4 Å². The number of primary amides is 1. The molecule has 0 unspecified atom stereocenters. The number of amides is 2. The third-order valence-electron chi connectivity index (χ3n) is 6.52. The highest BCUT2D eigenvalue weighted by atomic mass is 127. The molecule has 4 nitrogen and oxygen atoms in total. The first-order chi connectivity index (χ1) is 11.9. The molecule has 1 aromatic rings. The summed E-state index contributed by atoms with van der Waals surface area (Å²) in [5.41, 5.74) is 6.38. The number of nitrogens with one attached hydrogen (secondary N) is 1. The van der Waals surface area contributed by atoms with E-state index in [1.165, 1.54) is 19.3 Å². The molecule has 0 aliphatic heterocycles. The molecular weight excluding hydrogens is 427 g/mol. The molecule has 1 atom stereocenters. The van der Waals surface area contributed by atoms with E-state index in [0.717, 1.165) is 28.4 Å². The van der Waals surface area contributed by atoms with Gasteiger partial charge in [-0.3, -0.25) is 9.59 Å². The van der Waals surface area contributed by atoms with E-state index in [0.29, 0.717) is 24.2 Å². The Hall–Kier alpha value is -1.11. The van der Waals surface area contributed by atoms with Crippen LogP contribution < -0.4 is 11.1 Å². The zero-order valence-corrected chi connectivity index (χ0v) is 16.5. The van der Waals surface area contributed by atoms with Crippen molar-refractivity contribution in [2.24, 2.45) is 28.9 Å². The molecule has 2 amide bonds. The van der Waals surface area contributed by atoms with Crippen LogP contribution in [0.3, 0.4) is 0 Å². The van der Waals surface area contributed by atoms with Crippen LogP contribution in [0.5, 0.6) is 0 Å². The lowest BCUT2D eigenvalue weighted by Gasteiger charge is -2.55. The smallest absolute Gasteiger partial charge is 0.240 e.